The number of aromatic nitrogens is 1. The van der Waals surface area contributed by atoms with E-state index in [0.717, 1.165) is 13.0 Å². The Hall–Kier alpha value is -1.62. The van der Waals surface area contributed by atoms with Gasteiger partial charge >= 0.3 is 5.97 Å². The van der Waals surface area contributed by atoms with Gasteiger partial charge in [0.1, 0.15) is 5.82 Å². The van der Waals surface area contributed by atoms with Crippen molar-refractivity contribution >= 4 is 11.8 Å². The summed E-state index contributed by atoms with van der Waals surface area (Å²) < 4.78 is 5.39. The average molecular weight is 238 g/mol. The summed E-state index contributed by atoms with van der Waals surface area (Å²) in [6.07, 6.45) is 2.48. The molecule has 2 N–H and O–H groups in total. The van der Waals surface area contributed by atoms with Crippen LogP contribution in [-0.4, -0.2) is 35.3 Å². The van der Waals surface area contributed by atoms with Crippen molar-refractivity contribution in [3.63, 3.8) is 0 Å². The molecule has 0 bridgehead atoms. The molecule has 0 fully saturated rings. The second kappa shape index (κ2) is 6.85. The molecule has 0 radical (unpaired) electrons. The van der Waals surface area contributed by atoms with Gasteiger partial charge in [0, 0.05) is 19.3 Å². The van der Waals surface area contributed by atoms with Crippen molar-refractivity contribution in [2.45, 2.75) is 26.4 Å². The lowest BCUT2D eigenvalue weighted by atomic mass is 10.3. The van der Waals surface area contributed by atoms with Crippen LogP contribution < -0.4 is 5.32 Å². The molecule has 0 amide bonds. The zero-order chi connectivity index (χ0) is 12.7. The van der Waals surface area contributed by atoms with Crippen LogP contribution in [0, 0.1) is 0 Å². The predicted octanol–water partition coefficient (Wildman–Crippen LogP) is 2.01. The van der Waals surface area contributed by atoms with Gasteiger partial charge in [0.05, 0.1) is 11.7 Å². The zero-order valence-electron chi connectivity index (χ0n) is 10.1. The van der Waals surface area contributed by atoms with Gasteiger partial charge in [-0.2, -0.15) is 0 Å². The number of hydrogen-bond acceptors (Lipinski definition) is 4. The Labute approximate surface area is 101 Å². The summed E-state index contributed by atoms with van der Waals surface area (Å²) >= 11 is 0. The fraction of sp³-hybridized carbons (Fsp3) is 0.500. The number of pyridine rings is 1. The molecule has 0 saturated carbocycles. The largest absolute Gasteiger partial charge is 0.478 e. The van der Waals surface area contributed by atoms with E-state index in [9.17, 15) is 4.79 Å². The van der Waals surface area contributed by atoms with E-state index in [0.29, 0.717) is 12.4 Å². The number of anilines is 1. The molecule has 0 saturated heterocycles. The molecule has 0 unspecified atom stereocenters. The van der Waals surface area contributed by atoms with Crippen LogP contribution >= 0.6 is 0 Å². The number of rotatable bonds is 7. The molecule has 0 atom stereocenters. The maximum Gasteiger partial charge on any atom is 0.337 e. The molecule has 5 nitrogen and oxygen atoms in total. The van der Waals surface area contributed by atoms with Gasteiger partial charge < -0.3 is 15.2 Å². The van der Waals surface area contributed by atoms with Crippen molar-refractivity contribution < 1.29 is 14.6 Å². The first kappa shape index (κ1) is 13.4. The molecule has 17 heavy (non-hydrogen) atoms. The third-order valence-electron chi connectivity index (χ3n) is 2.09. The van der Waals surface area contributed by atoms with Gasteiger partial charge in [0.15, 0.2) is 0 Å². The van der Waals surface area contributed by atoms with E-state index >= 15 is 0 Å². The van der Waals surface area contributed by atoms with Crippen molar-refractivity contribution in [2.75, 3.05) is 18.5 Å². The Morgan fingerprint density at radius 1 is 1.53 bits per heavy atom. The molecule has 5 heteroatoms. The van der Waals surface area contributed by atoms with Crippen molar-refractivity contribution in [2.24, 2.45) is 0 Å². The highest BCUT2D eigenvalue weighted by atomic mass is 16.5. The lowest BCUT2D eigenvalue weighted by molar-refractivity contribution is 0.0696. The summed E-state index contributed by atoms with van der Waals surface area (Å²) in [5.74, 6) is -0.283. The second-order valence-corrected chi connectivity index (χ2v) is 3.94. The van der Waals surface area contributed by atoms with E-state index in [2.05, 4.69) is 10.3 Å². The van der Waals surface area contributed by atoms with Crippen LogP contribution in [0.1, 0.15) is 30.6 Å². The molecule has 94 valence electrons. The molecule has 1 aromatic heterocycles. The van der Waals surface area contributed by atoms with E-state index in [-0.39, 0.29) is 11.7 Å². The minimum absolute atomic E-state index is 0.193. The lowest BCUT2D eigenvalue weighted by Crippen LogP contribution is -2.10. The van der Waals surface area contributed by atoms with E-state index < -0.39 is 5.97 Å². The molecular formula is C12H18N2O3. The second-order valence-electron chi connectivity index (χ2n) is 3.94. The van der Waals surface area contributed by atoms with E-state index in [1.165, 1.54) is 12.3 Å². The van der Waals surface area contributed by atoms with Gasteiger partial charge in [-0.25, -0.2) is 9.78 Å². The third-order valence-corrected chi connectivity index (χ3v) is 2.09. The van der Waals surface area contributed by atoms with Crippen molar-refractivity contribution in [3.05, 3.63) is 23.9 Å². The highest BCUT2D eigenvalue weighted by Gasteiger charge is 2.02. The fourth-order valence-electron chi connectivity index (χ4n) is 1.23. The molecule has 0 aromatic carbocycles. The number of nitrogens with one attached hydrogen (secondary N) is 1. The van der Waals surface area contributed by atoms with Gasteiger partial charge in [-0.3, -0.25) is 0 Å². The first-order valence-corrected chi connectivity index (χ1v) is 5.64. The molecule has 0 aliphatic rings. The minimum atomic E-state index is -0.964. The number of carbonyl (C=O) groups is 1. The number of ether oxygens (including phenoxy) is 1. The van der Waals surface area contributed by atoms with Crippen molar-refractivity contribution in [3.8, 4) is 0 Å². The van der Waals surface area contributed by atoms with Gasteiger partial charge in [0.25, 0.3) is 0 Å². The molecular weight excluding hydrogens is 220 g/mol. The van der Waals surface area contributed by atoms with Gasteiger partial charge in [-0.05, 0) is 32.4 Å². The SMILES string of the molecule is CC(C)OCCCNc1ccc(C(=O)O)cn1. The summed E-state index contributed by atoms with van der Waals surface area (Å²) in [7, 11) is 0. The topological polar surface area (TPSA) is 71.5 Å². The quantitative estimate of drug-likeness (QED) is 0.711. The summed E-state index contributed by atoms with van der Waals surface area (Å²) in [5, 5.41) is 11.8. The first-order valence-electron chi connectivity index (χ1n) is 5.64. The number of carboxylic acid groups (broad SMARTS) is 1. The average Bonchev–Trinajstić information content (AvgIpc) is 2.29. The number of nitrogens with zero attached hydrogens (tertiary/aromatic N) is 1. The van der Waals surface area contributed by atoms with Crippen LogP contribution in [0.15, 0.2) is 18.3 Å². The van der Waals surface area contributed by atoms with Crippen molar-refractivity contribution in [1.29, 1.82) is 0 Å². The van der Waals surface area contributed by atoms with Crippen LogP contribution in [0.4, 0.5) is 5.82 Å². The number of aromatic carboxylic acids is 1. The summed E-state index contributed by atoms with van der Waals surface area (Å²) in [5.41, 5.74) is 0.193. The maximum atomic E-state index is 10.6. The highest BCUT2D eigenvalue weighted by molar-refractivity contribution is 5.87. The van der Waals surface area contributed by atoms with Gasteiger partial charge in [-0.15, -0.1) is 0 Å². The normalized spacial score (nSPS) is 10.5. The Morgan fingerprint density at radius 2 is 2.29 bits per heavy atom. The lowest BCUT2D eigenvalue weighted by Gasteiger charge is -2.08. The fourth-order valence-corrected chi connectivity index (χ4v) is 1.23. The Bertz CT molecular complexity index is 349. The summed E-state index contributed by atoms with van der Waals surface area (Å²) in [6, 6.07) is 3.19. The number of hydrogen-bond donors (Lipinski definition) is 2. The van der Waals surface area contributed by atoms with Gasteiger partial charge in [-0.1, -0.05) is 0 Å². The Morgan fingerprint density at radius 3 is 2.82 bits per heavy atom. The zero-order valence-corrected chi connectivity index (χ0v) is 10.1. The van der Waals surface area contributed by atoms with Crippen LogP contribution in [0.2, 0.25) is 0 Å². The monoisotopic (exact) mass is 238 g/mol. The summed E-state index contributed by atoms with van der Waals surface area (Å²) in [4.78, 5) is 14.6. The number of carboxylic acids is 1. The highest BCUT2D eigenvalue weighted by Crippen LogP contribution is 2.05. The molecule has 0 spiro atoms. The van der Waals surface area contributed by atoms with Crippen LogP contribution in [0.25, 0.3) is 0 Å². The third kappa shape index (κ3) is 5.31. The Balaban J connectivity index is 2.25. The van der Waals surface area contributed by atoms with Crippen LogP contribution in [0.5, 0.6) is 0 Å². The molecule has 1 rings (SSSR count). The molecule has 1 aromatic rings. The van der Waals surface area contributed by atoms with Crippen LogP contribution in [-0.2, 0) is 4.74 Å². The molecule has 0 aliphatic heterocycles. The van der Waals surface area contributed by atoms with E-state index in [1.807, 2.05) is 13.8 Å². The van der Waals surface area contributed by atoms with Gasteiger partial charge in [0.2, 0.25) is 0 Å². The first-order chi connectivity index (χ1) is 8.09. The van der Waals surface area contributed by atoms with E-state index in [4.69, 9.17) is 9.84 Å². The minimum Gasteiger partial charge on any atom is -0.478 e. The maximum absolute atomic E-state index is 10.6. The summed E-state index contributed by atoms with van der Waals surface area (Å²) in [6.45, 7) is 5.46. The molecule has 0 aliphatic carbocycles. The van der Waals surface area contributed by atoms with Crippen LogP contribution in [0.3, 0.4) is 0 Å². The Kier molecular flexibility index (Phi) is 5.42. The predicted molar refractivity (Wildman–Crippen MR) is 65.4 cm³/mol. The molecule has 1 heterocycles. The standard InChI is InChI=1S/C12H18N2O3/c1-9(2)17-7-3-6-13-11-5-4-10(8-14-11)12(15)16/h4-5,8-9H,3,6-7H2,1-2H3,(H,13,14)(H,15,16). The smallest absolute Gasteiger partial charge is 0.337 e. The van der Waals surface area contributed by atoms with E-state index in [1.54, 1.807) is 6.07 Å². The van der Waals surface area contributed by atoms with Crippen molar-refractivity contribution in [1.82, 2.24) is 4.98 Å².